The summed E-state index contributed by atoms with van der Waals surface area (Å²) in [4.78, 5) is 15.6. The molecule has 1 aliphatic heterocycles. The molecule has 0 aromatic heterocycles. The van der Waals surface area contributed by atoms with Crippen LogP contribution in [-0.2, 0) is 27.6 Å². The van der Waals surface area contributed by atoms with Crippen molar-refractivity contribution >= 4 is 33.4 Å². The molecule has 0 spiro atoms. The van der Waals surface area contributed by atoms with E-state index >= 15 is 0 Å². The van der Waals surface area contributed by atoms with Gasteiger partial charge in [-0.15, -0.1) is 11.8 Å². The maximum absolute atomic E-state index is 13.2. The Morgan fingerprint density at radius 3 is 2.30 bits per heavy atom. The lowest BCUT2D eigenvalue weighted by Gasteiger charge is -2.27. The van der Waals surface area contributed by atoms with E-state index in [0.717, 1.165) is 28.9 Å². The summed E-state index contributed by atoms with van der Waals surface area (Å²) >= 11 is 1.43. The number of aryl methyl sites for hydroxylation is 2. The average molecular weight is 449 g/mol. The highest BCUT2D eigenvalue weighted by Crippen LogP contribution is 2.29. The fourth-order valence-electron chi connectivity index (χ4n) is 3.53. The first-order chi connectivity index (χ1) is 14.4. The second-order valence-electron chi connectivity index (χ2n) is 7.03. The van der Waals surface area contributed by atoms with Crippen LogP contribution in [0, 0.1) is 0 Å². The molecule has 1 saturated heterocycles. The van der Waals surface area contributed by atoms with Gasteiger partial charge in [0.25, 0.3) is 15.9 Å². The van der Waals surface area contributed by atoms with Crippen LogP contribution >= 0.6 is 11.8 Å². The molecule has 1 aliphatic rings. The predicted octanol–water partition coefficient (Wildman–Crippen LogP) is 3.81. The van der Waals surface area contributed by atoms with Crippen LogP contribution in [-0.4, -0.2) is 51.8 Å². The number of carbonyl (C=O) groups excluding carboxylic acids is 1. The summed E-state index contributed by atoms with van der Waals surface area (Å²) in [5.41, 5.74) is 2.94. The molecule has 2 aromatic carbocycles. The molecule has 0 bridgehead atoms. The van der Waals surface area contributed by atoms with E-state index in [4.69, 9.17) is 4.74 Å². The Kier molecular flexibility index (Phi) is 7.44. The number of carbonyl (C=O) groups is 1. The van der Waals surface area contributed by atoms with Crippen LogP contribution in [0.5, 0.6) is 0 Å². The highest BCUT2D eigenvalue weighted by atomic mass is 32.2. The van der Waals surface area contributed by atoms with Crippen molar-refractivity contribution in [1.82, 2.24) is 4.90 Å². The fraction of sp³-hybridized carbons (Fsp3) is 0.409. The predicted molar refractivity (Wildman–Crippen MR) is 121 cm³/mol. The van der Waals surface area contributed by atoms with E-state index < -0.39 is 10.0 Å². The highest BCUT2D eigenvalue weighted by Gasteiger charge is 2.25. The van der Waals surface area contributed by atoms with Crippen LogP contribution in [0.3, 0.4) is 0 Å². The van der Waals surface area contributed by atoms with E-state index in [2.05, 4.69) is 4.72 Å². The molecule has 1 amide bonds. The Hall–Kier alpha value is -2.03. The first-order valence-electron chi connectivity index (χ1n) is 10.1. The number of morpholine rings is 1. The van der Waals surface area contributed by atoms with Crippen LogP contribution < -0.4 is 4.72 Å². The summed E-state index contributed by atoms with van der Waals surface area (Å²) in [5.74, 6) is -0.164. The van der Waals surface area contributed by atoms with Crippen LogP contribution in [0.25, 0.3) is 0 Å². The van der Waals surface area contributed by atoms with Gasteiger partial charge in [-0.2, -0.15) is 0 Å². The van der Waals surface area contributed by atoms with Crippen molar-refractivity contribution in [3.8, 4) is 0 Å². The van der Waals surface area contributed by atoms with E-state index in [1.807, 2.05) is 38.3 Å². The van der Waals surface area contributed by atoms with Gasteiger partial charge in [0, 0.05) is 18.0 Å². The van der Waals surface area contributed by atoms with Crippen molar-refractivity contribution < 1.29 is 17.9 Å². The zero-order chi connectivity index (χ0) is 21.7. The molecule has 2 aromatic rings. The first-order valence-corrected chi connectivity index (χ1v) is 12.8. The number of sulfonamides is 1. The van der Waals surface area contributed by atoms with E-state index in [0.29, 0.717) is 37.6 Å². The maximum atomic E-state index is 13.2. The number of hydrogen-bond donors (Lipinski definition) is 1. The van der Waals surface area contributed by atoms with Gasteiger partial charge in [0.05, 0.1) is 29.4 Å². The van der Waals surface area contributed by atoms with Crippen molar-refractivity contribution in [2.45, 2.75) is 36.5 Å². The molecule has 0 atom stereocenters. The quantitative estimate of drug-likeness (QED) is 0.652. The molecule has 1 heterocycles. The lowest BCUT2D eigenvalue weighted by Crippen LogP contribution is -2.41. The zero-order valence-corrected chi connectivity index (χ0v) is 19.2. The number of amides is 1. The first kappa shape index (κ1) is 22.7. The molecule has 3 rings (SSSR count). The van der Waals surface area contributed by atoms with E-state index in [9.17, 15) is 13.2 Å². The lowest BCUT2D eigenvalue weighted by atomic mass is 10.0. The Labute approximate surface area is 183 Å². The van der Waals surface area contributed by atoms with Crippen LogP contribution in [0.2, 0.25) is 0 Å². The third kappa shape index (κ3) is 4.82. The van der Waals surface area contributed by atoms with Gasteiger partial charge in [0.2, 0.25) is 0 Å². The lowest BCUT2D eigenvalue weighted by molar-refractivity contribution is 0.0300. The molecule has 8 heteroatoms. The monoisotopic (exact) mass is 448 g/mol. The molecule has 0 aliphatic carbocycles. The van der Waals surface area contributed by atoms with Gasteiger partial charge in [-0.3, -0.25) is 9.52 Å². The van der Waals surface area contributed by atoms with Crippen LogP contribution in [0.15, 0.2) is 46.2 Å². The Balaban J connectivity index is 1.98. The molecule has 1 N–H and O–H groups in total. The van der Waals surface area contributed by atoms with Gasteiger partial charge in [-0.25, -0.2) is 8.42 Å². The van der Waals surface area contributed by atoms with Crippen LogP contribution in [0.1, 0.15) is 35.3 Å². The fourth-order valence-corrected chi connectivity index (χ4v) is 5.26. The van der Waals surface area contributed by atoms with Gasteiger partial charge in [-0.05, 0) is 48.4 Å². The van der Waals surface area contributed by atoms with E-state index in [1.54, 1.807) is 17.0 Å². The number of rotatable bonds is 7. The molecule has 6 nitrogen and oxygen atoms in total. The standard InChI is InChI=1S/C22H28N2O4S2/c1-4-16-7-6-8-17(5-2)21(16)23-30(26,27)18-9-10-20(29-3)19(15-18)22(25)24-11-13-28-14-12-24/h6-10,15,23H,4-5,11-14H2,1-3H3. The minimum absolute atomic E-state index is 0.0878. The number of hydrogen-bond acceptors (Lipinski definition) is 5. The number of thioether (sulfide) groups is 1. The van der Waals surface area contributed by atoms with Gasteiger partial charge in [-0.1, -0.05) is 32.0 Å². The minimum Gasteiger partial charge on any atom is -0.378 e. The number of nitrogens with zero attached hydrogens (tertiary/aromatic N) is 1. The number of benzene rings is 2. The number of ether oxygens (including phenoxy) is 1. The SMILES string of the molecule is CCc1cccc(CC)c1NS(=O)(=O)c1ccc(SC)c(C(=O)N2CCOCC2)c1. The molecule has 30 heavy (non-hydrogen) atoms. The molecule has 0 radical (unpaired) electrons. The third-order valence-corrected chi connectivity index (χ3v) is 7.39. The summed E-state index contributed by atoms with van der Waals surface area (Å²) in [6, 6.07) is 10.6. The molecule has 1 fully saturated rings. The van der Waals surface area contributed by atoms with E-state index in [1.165, 1.54) is 17.8 Å². The summed E-state index contributed by atoms with van der Waals surface area (Å²) < 4.78 is 34.6. The average Bonchev–Trinajstić information content (AvgIpc) is 2.78. The summed E-state index contributed by atoms with van der Waals surface area (Å²) in [6.07, 6.45) is 3.32. The van der Waals surface area contributed by atoms with Crippen LogP contribution in [0.4, 0.5) is 5.69 Å². The smallest absolute Gasteiger partial charge is 0.261 e. The van der Waals surface area contributed by atoms with Crippen molar-refractivity contribution in [3.63, 3.8) is 0 Å². The molecular formula is C22H28N2O4S2. The van der Waals surface area contributed by atoms with Gasteiger partial charge < -0.3 is 9.64 Å². The summed E-state index contributed by atoms with van der Waals surface area (Å²) in [6.45, 7) is 6.00. The second kappa shape index (κ2) is 9.85. The molecular weight excluding hydrogens is 420 g/mol. The normalized spacial score (nSPS) is 14.6. The van der Waals surface area contributed by atoms with Gasteiger partial charge >= 0.3 is 0 Å². The topological polar surface area (TPSA) is 75.7 Å². The minimum atomic E-state index is -3.84. The zero-order valence-electron chi connectivity index (χ0n) is 17.6. The van der Waals surface area contributed by atoms with Gasteiger partial charge in [0.1, 0.15) is 0 Å². The Bertz CT molecular complexity index is 994. The Morgan fingerprint density at radius 2 is 1.73 bits per heavy atom. The van der Waals surface area contributed by atoms with Crippen molar-refractivity contribution in [2.24, 2.45) is 0 Å². The largest absolute Gasteiger partial charge is 0.378 e. The molecule has 0 unspecified atom stereocenters. The highest BCUT2D eigenvalue weighted by molar-refractivity contribution is 7.98. The van der Waals surface area contributed by atoms with Gasteiger partial charge in [0.15, 0.2) is 0 Å². The molecule has 0 saturated carbocycles. The Morgan fingerprint density at radius 1 is 1.10 bits per heavy atom. The van der Waals surface area contributed by atoms with E-state index in [-0.39, 0.29) is 10.8 Å². The third-order valence-electron chi connectivity index (χ3n) is 5.25. The number of para-hydroxylation sites is 1. The van der Waals surface area contributed by atoms with Crippen molar-refractivity contribution in [2.75, 3.05) is 37.3 Å². The van der Waals surface area contributed by atoms with Crippen molar-refractivity contribution in [3.05, 3.63) is 53.1 Å². The summed E-state index contributed by atoms with van der Waals surface area (Å²) in [5, 5.41) is 0. The molecule has 162 valence electrons. The van der Waals surface area contributed by atoms with Crippen molar-refractivity contribution in [1.29, 1.82) is 0 Å². The number of nitrogens with one attached hydrogen (secondary N) is 1. The second-order valence-corrected chi connectivity index (χ2v) is 9.56. The number of anilines is 1. The summed E-state index contributed by atoms with van der Waals surface area (Å²) in [7, 11) is -3.84. The maximum Gasteiger partial charge on any atom is 0.261 e.